The van der Waals surface area contributed by atoms with Crippen molar-refractivity contribution in [3.8, 4) is 62.1 Å². The van der Waals surface area contributed by atoms with Gasteiger partial charge in [-0.25, -0.2) is 4.98 Å². The van der Waals surface area contributed by atoms with E-state index >= 15 is 0 Å². The average molecular weight is 713 g/mol. The smallest absolute Gasteiger partial charge is 0.238 e. The van der Waals surface area contributed by atoms with Gasteiger partial charge in [0.15, 0.2) is 11.6 Å². The molecule has 260 valence electrons. The third kappa shape index (κ3) is 4.21. The Labute approximate surface area is 324 Å². The molecule has 10 aromatic rings. The summed E-state index contributed by atoms with van der Waals surface area (Å²) in [7, 11) is 0. The Morgan fingerprint density at radius 1 is 0.357 bits per heavy atom. The Morgan fingerprint density at radius 2 is 0.857 bits per heavy atom. The summed E-state index contributed by atoms with van der Waals surface area (Å²) in [4.78, 5) is 15.7. The number of rotatable bonds is 4. The number of benzene rings is 8. The molecule has 4 nitrogen and oxygen atoms in total. The molecule has 56 heavy (non-hydrogen) atoms. The molecule has 0 fully saturated rings. The van der Waals surface area contributed by atoms with Gasteiger partial charge >= 0.3 is 0 Å². The molecule has 0 aliphatic heterocycles. The van der Waals surface area contributed by atoms with E-state index in [1.54, 1.807) is 0 Å². The van der Waals surface area contributed by atoms with Crippen molar-refractivity contribution in [1.82, 2.24) is 19.5 Å². The van der Waals surface area contributed by atoms with E-state index in [9.17, 15) is 0 Å². The highest BCUT2D eigenvalue weighted by Crippen LogP contribution is 2.64. The molecular weight excluding hydrogens is 681 g/mol. The zero-order valence-electron chi connectivity index (χ0n) is 30.3. The SMILES string of the molecule is c1ccc(-c2ccc3c(c2)c2ccc4c(c2n3-c2nc(-c3ccccc3)nc(-c3ccccc3)n2)-c2ccccc2C42c3ccccc3-c3ccccc32)cc1. The summed E-state index contributed by atoms with van der Waals surface area (Å²) in [6.45, 7) is 0. The van der Waals surface area contributed by atoms with E-state index in [0.717, 1.165) is 32.9 Å². The van der Waals surface area contributed by atoms with Gasteiger partial charge in [0.05, 0.1) is 16.4 Å². The van der Waals surface area contributed by atoms with Crippen LogP contribution >= 0.6 is 0 Å². The van der Waals surface area contributed by atoms with Crippen molar-refractivity contribution in [2.45, 2.75) is 5.41 Å². The minimum atomic E-state index is -0.479. The molecule has 0 unspecified atom stereocenters. The molecule has 2 aliphatic carbocycles. The van der Waals surface area contributed by atoms with Crippen molar-refractivity contribution in [1.29, 1.82) is 0 Å². The Balaban J connectivity index is 1.25. The molecule has 0 radical (unpaired) electrons. The Bertz CT molecular complexity index is 3080. The van der Waals surface area contributed by atoms with Crippen molar-refractivity contribution in [2.24, 2.45) is 0 Å². The van der Waals surface area contributed by atoms with Gasteiger partial charge in [-0.05, 0) is 62.2 Å². The van der Waals surface area contributed by atoms with E-state index in [4.69, 9.17) is 15.0 Å². The van der Waals surface area contributed by atoms with Crippen LogP contribution in [0.1, 0.15) is 22.3 Å². The molecular formula is C52H32N4. The van der Waals surface area contributed by atoms with Gasteiger partial charge in [-0.15, -0.1) is 0 Å². The third-order valence-electron chi connectivity index (χ3n) is 11.9. The monoisotopic (exact) mass is 712 g/mol. The van der Waals surface area contributed by atoms with E-state index in [0.29, 0.717) is 17.6 Å². The maximum Gasteiger partial charge on any atom is 0.238 e. The van der Waals surface area contributed by atoms with Crippen LogP contribution in [0.25, 0.3) is 83.9 Å². The first-order valence-corrected chi connectivity index (χ1v) is 19.1. The second-order valence-corrected chi connectivity index (χ2v) is 14.7. The minimum absolute atomic E-state index is 0.479. The molecule has 0 N–H and O–H groups in total. The highest BCUT2D eigenvalue weighted by molar-refractivity contribution is 6.17. The summed E-state index contributed by atoms with van der Waals surface area (Å²) in [6, 6.07) is 69.6. The molecule has 2 heterocycles. The summed E-state index contributed by atoms with van der Waals surface area (Å²) >= 11 is 0. The van der Waals surface area contributed by atoms with Gasteiger partial charge in [0.2, 0.25) is 5.95 Å². The van der Waals surface area contributed by atoms with Crippen LogP contribution in [0, 0.1) is 0 Å². The van der Waals surface area contributed by atoms with Crippen molar-refractivity contribution in [2.75, 3.05) is 0 Å². The third-order valence-corrected chi connectivity index (χ3v) is 11.9. The predicted octanol–water partition coefficient (Wildman–Crippen LogP) is 12.3. The molecule has 0 saturated carbocycles. The Morgan fingerprint density at radius 3 is 1.45 bits per heavy atom. The van der Waals surface area contributed by atoms with Crippen LogP contribution in [-0.4, -0.2) is 19.5 Å². The first-order valence-electron chi connectivity index (χ1n) is 19.1. The van der Waals surface area contributed by atoms with Gasteiger partial charge in [0.25, 0.3) is 0 Å². The van der Waals surface area contributed by atoms with Crippen LogP contribution < -0.4 is 0 Å². The van der Waals surface area contributed by atoms with Gasteiger partial charge < -0.3 is 0 Å². The first kappa shape index (κ1) is 31.0. The molecule has 1 spiro atoms. The van der Waals surface area contributed by atoms with Crippen molar-refractivity contribution in [3.05, 3.63) is 216 Å². The molecule has 4 heteroatoms. The molecule has 2 aromatic heterocycles. The number of hydrogen-bond donors (Lipinski definition) is 0. The van der Waals surface area contributed by atoms with Crippen LogP contribution in [0.5, 0.6) is 0 Å². The molecule has 12 rings (SSSR count). The summed E-state index contributed by atoms with van der Waals surface area (Å²) < 4.78 is 2.31. The number of aromatic nitrogens is 4. The van der Waals surface area contributed by atoms with Crippen LogP contribution in [-0.2, 0) is 5.41 Å². The lowest BCUT2D eigenvalue weighted by Crippen LogP contribution is -2.25. The van der Waals surface area contributed by atoms with Crippen LogP contribution in [0.2, 0.25) is 0 Å². The quantitative estimate of drug-likeness (QED) is 0.182. The van der Waals surface area contributed by atoms with E-state index in [1.807, 2.05) is 36.4 Å². The van der Waals surface area contributed by atoms with E-state index in [2.05, 4.69) is 162 Å². The Kier molecular flexibility index (Phi) is 6.52. The maximum absolute atomic E-state index is 5.34. The average Bonchev–Trinajstić information content (AvgIpc) is 3.89. The highest BCUT2D eigenvalue weighted by atomic mass is 15.2. The van der Waals surface area contributed by atoms with Gasteiger partial charge in [-0.2, -0.15) is 9.97 Å². The molecule has 8 aromatic carbocycles. The maximum atomic E-state index is 5.34. The summed E-state index contributed by atoms with van der Waals surface area (Å²) in [5.41, 5.74) is 16.1. The van der Waals surface area contributed by atoms with E-state index in [-0.39, 0.29) is 0 Å². The molecule has 0 bridgehead atoms. The van der Waals surface area contributed by atoms with Crippen molar-refractivity contribution < 1.29 is 0 Å². The molecule has 2 aliphatic rings. The minimum Gasteiger partial charge on any atom is -0.277 e. The fraction of sp³-hybridized carbons (Fsp3) is 0.0192. The van der Waals surface area contributed by atoms with E-state index < -0.39 is 5.41 Å². The van der Waals surface area contributed by atoms with Crippen molar-refractivity contribution >= 4 is 21.8 Å². The van der Waals surface area contributed by atoms with Crippen LogP contribution in [0.15, 0.2) is 194 Å². The molecule has 0 amide bonds. The summed E-state index contributed by atoms with van der Waals surface area (Å²) in [6.07, 6.45) is 0. The van der Waals surface area contributed by atoms with Crippen LogP contribution in [0.4, 0.5) is 0 Å². The fourth-order valence-corrected chi connectivity index (χ4v) is 9.60. The standard InChI is InChI=1S/C52H32N4/c1-4-16-33(17-5-1)36-28-31-46-41(32-36)39-29-30-45-47(40-24-12-15-27-44(40)52(45)42-25-13-10-22-37(42)38-23-11-14-26-43(38)52)48(39)56(46)51-54-49(34-18-6-2-7-19-34)53-50(55-51)35-20-8-3-9-21-35/h1-32H. The van der Waals surface area contributed by atoms with Gasteiger partial charge in [0.1, 0.15) is 0 Å². The highest BCUT2D eigenvalue weighted by Gasteiger charge is 2.52. The van der Waals surface area contributed by atoms with Gasteiger partial charge in [0, 0.05) is 27.5 Å². The molecule has 0 atom stereocenters. The zero-order valence-corrected chi connectivity index (χ0v) is 30.3. The predicted molar refractivity (Wildman–Crippen MR) is 227 cm³/mol. The number of hydrogen-bond acceptors (Lipinski definition) is 3. The normalized spacial score (nSPS) is 13.1. The number of nitrogens with zero attached hydrogens (tertiary/aromatic N) is 4. The fourth-order valence-electron chi connectivity index (χ4n) is 9.60. The summed E-state index contributed by atoms with van der Waals surface area (Å²) in [5, 5.41) is 2.31. The lowest BCUT2D eigenvalue weighted by molar-refractivity contribution is 0.794. The first-order chi connectivity index (χ1) is 27.8. The Hall–Kier alpha value is -7.43. The topological polar surface area (TPSA) is 43.6 Å². The van der Waals surface area contributed by atoms with Gasteiger partial charge in [-0.3, -0.25) is 4.57 Å². The molecule has 0 saturated heterocycles. The van der Waals surface area contributed by atoms with E-state index in [1.165, 1.54) is 55.6 Å². The van der Waals surface area contributed by atoms with Gasteiger partial charge in [-0.1, -0.05) is 182 Å². The van der Waals surface area contributed by atoms with Crippen LogP contribution in [0.3, 0.4) is 0 Å². The second kappa shape index (κ2) is 11.8. The van der Waals surface area contributed by atoms with Crippen molar-refractivity contribution in [3.63, 3.8) is 0 Å². The summed E-state index contributed by atoms with van der Waals surface area (Å²) in [5.74, 6) is 1.85. The number of fused-ring (bicyclic) bond motifs is 14. The zero-order chi connectivity index (χ0) is 36.8. The lowest BCUT2D eigenvalue weighted by atomic mass is 9.70. The lowest BCUT2D eigenvalue weighted by Gasteiger charge is -2.30. The largest absolute Gasteiger partial charge is 0.277 e. The second-order valence-electron chi connectivity index (χ2n) is 14.7.